The largest absolute Gasteiger partial charge is 0.487 e. The number of hydrogen-bond donors (Lipinski definition) is 1. The minimum Gasteiger partial charge on any atom is -0.487 e. The second kappa shape index (κ2) is 5.85. The van der Waals surface area contributed by atoms with E-state index in [1.807, 2.05) is 20.8 Å². The van der Waals surface area contributed by atoms with Crippen molar-refractivity contribution in [1.82, 2.24) is 0 Å². The molecule has 0 spiro atoms. The molecule has 0 amide bonds. The third kappa shape index (κ3) is 4.18. The summed E-state index contributed by atoms with van der Waals surface area (Å²) in [4.78, 5) is 20.8. The van der Waals surface area contributed by atoms with Gasteiger partial charge >= 0.3 is 11.7 Å². The lowest BCUT2D eigenvalue weighted by Gasteiger charge is -2.18. The molecule has 0 heterocycles. The van der Waals surface area contributed by atoms with Gasteiger partial charge in [0.15, 0.2) is 5.75 Å². The third-order valence-corrected chi connectivity index (χ3v) is 2.59. The first-order chi connectivity index (χ1) is 9.11. The number of nitro benzene ring substituents is 1. The second-order valence-electron chi connectivity index (χ2n) is 5.52. The van der Waals surface area contributed by atoms with E-state index in [2.05, 4.69) is 0 Å². The van der Waals surface area contributed by atoms with Crippen LogP contribution in [0.1, 0.15) is 37.6 Å². The zero-order valence-corrected chi connectivity index (χ0v) is 11.5. The summed E-state index contributed by atoms with van der Waals surface area (Å²) in [5.74, 6) is -2.89. The molecule has 0 unspecified atom stereocenters. The number of nitrogens with zero attached hydrogens (tertiary/aromatic N) is 1. The van der Waals surface area contributed by atoms with Gasteiger partial charge in [0.05, 0.1) is 11.5 Å². The topological polar surface area (TPSA) is 89.7 Å². The predicted octanol–water partition coefficient (Wildman–Crippen LogP) is 3.25. The van der Waals surface area contributed by atoms with E-state index in [0.29, 0.717) is 12.5 Å². The van der Waals surface area contributed by atoms with Gasteiger partial charge in [-0.2, -0.15) is 0 Å². The summed E-state index contributed by atoms with van der Waals surface area (Å²) in [6, 6.07) is 1.41. The van der Waals surface area contributed by atoms with Crippen LogP contribution in [0, 0.1) is 21.3 Å². The van der Waals surface area contributed by atoms with Gasteiger partial charge in [-0.3, -0.25) is 10.1 Å². The highest BCUT2D eigenvalue weighted by Crippen LogP contribution is 2.31. The molecule has 0 aromatic heterocycles. The molecule has 110 valence electrons. The van der Waals surface area contributed by atoms with Crippen LogP contribution >= 0.6 is 0 Å². The van der Waals surface area contributed by atoms with Crippen LogP contribution in [0.2, 0.25) is 0 Å². The second-order valence-corrected chi connectivity index (χ2v) is 5.52. The van der Waals surface area contributed by atoms with Crippen molar-refractivity contribution in [2.45, 2.75) is 27.2 Å². The first kappa shape index (κ1) is 15.9. The molecule has 7 heteroatoms. The minimum absolute atomic E-state index is 0.0334. The number of ether oxygens (including phenoxy) is 1. The first-order valence-corrected chi connectivity index (χ1v) is 5.96. The number of carboxylic acids is 1. The number of benzene rings is 1. The molecule has 0 saturated carbocycles. The summed E-state index contributed by atoms with van der Waals surface area (Å²) in [5, 5.41) is 19.6. The third-order valence-electron chi connectivity index (χ3n) is 2.59. The van der Waals surface area contributed by atoms with Gasteiger partial charge < -0.3 is 9.84 Å². The number of rotatable bonds is 5. The van der Waals surface area contributed by atoms with E-state index in [4.69, 9.17) is 9.84 Å². The average molecular weight is 285 g/mol. The number of hydrogen-bond acceptors (Lipinski definition) is 4. The van der Waals surface area contributed by atoms with Crippen LogP contribution in [0.5, 0.6) is 5.75 Å². The van der Waals surface area contributed by atoms with E-state index >= 15 is 0 Å². The van der Waals surface area contributed by atoms with Crippen molar-refractivity contribution in [1.29, 1.82) is 0 Å². The zero-order chi connectivity index (χ0) is 15.5. The van der Waals surface area contributed by atoms with Crippen LogP contribution in [0.25, 0.3) is 0 Å². The molecular formula is C13H16FNO5. The molecule has 0 atom stereocenters. The fourth-order valence-corrected chi connectivity index (χ4v) is 1.43. The van der Waals surface area contributed by atoms with Crippen molar-refractivity contribution < 1.29 is 24.0 Å². The molecule has 0 fully saturated rings. The van der Waals surface area contributed by atoms with Gasteiger partial charge in [0, 0.05) is 12.1 Å². The summed E-state index contributed by atoms with van der Waals surface area (Å²) < 4.78 is 18.7. The normalized spacial score (nSPS) is 11.2. The van der Waals surface area contributed by atoms with Crippen LogP contribution < -0.4 is 4.74 Å². The quantitative estimate of drug-likeness (QED) is 0.662. The maximum Gasteiger partial charge on any atom is 0.338 e. The maximum atomic E-state index is 13.5. The molecule has 1 rings (SSSR count). The summed E-state index contributed by atoms with van der Waals surface area (Å²) in [7, 11) is 0. The molecule has 1 N–H and O–H groups in total. The van der Waals surface area contributed by atoms with Crippen LogP contribution in [0.15, 0.2) is 12.1 Å². The number of aromatic carboxylic acids is 1. The van der Waals surface area contributed by atoms with E-state index in [1.54, 1.807) is 0 Å². The maximum absolute atomic E-state index is 13.5. The van der Waals surface area contributed by atoms with E-state index in [-0.39, 0.29) is 17.8 Å². The number of carbonyl (C=O) groups is 1. The summed E-state index contributed by atoms with van der Waals surface area (Å²) >= 11 is 0. The van der Waals surface area contributed by atoms with Gasteiger partial charge in [-0.1, -0.05) is 20.8 Å². The SMILES string of the molecule is CC(C)(C)CCOc1cc(F)c(C(=O)O)cc1[N+](=O)[O-]. The molecule has 0 aliphatic heterocycles. The highest BCUT2D eigenvalue weighted by atomic mass is 19.1. The van der Waals surface area contributed by atoms with Crippen molar-refractivity contribution in [2.24, 2.45) is 5.41 Å². The Labute approximate surface area is 115 Å². The van der Waals surface area contributed by atoms with Gasteiger partial charge in [-0.15, -0.1) is 0 Å². The summed E-state index contributed by atoms with van der Waals surface area (Å²) in [5.41, 5.74) is -1.34. The van der Waals surface area contributed by atoms with Crippen molar-refractivity contribution in [3.05, 3.63) is 33.6 Å². The monoisotopic (exact) mass is 285 g/mol. The van der Waals surface area contributed by atoms with E-state index < -0.39 is 28.0 Å². The fraction of sp³-hybridized carbons (Fsp3) is 0.462. The molecule has 0 saturated heterocycles. The van der Waals surface area contributed by atoms with Gasteiger partial charge in [0.1, 0.15) is 11.4 Å². The van der Waals surface area contributed by atoms with Crippen LogP contribution in [-0.4, -0.2) is 22.6 Å². The lowest BCUT2D eigenvalue weighted by atomic mass is 9.93. The van der Waals surface area contributed by atoms with Gasteiger partial charge in [0.25, 0.3) is 0 Å². The predicted molar refractivity (Wildman–Crippen MR) is 69.6 cm³/mol. The fourth-order valence-electron chi connectivity index (χ4n) is 1.43. The molecule has 0 bridgehead atoms. The molecule has 1 aromatic carbocycles. The molecule has 0 radical (unpaired) electrons. The van der Waals surface area contributed by atoms with E-state index in [9.17, 15) is 19.3 Å². The van der Waals surface area contributed by atoms with E-state index in [1.165, 1.54) is 0 Å². The highest BCUT2D eigenvalue weighted by molar-refractivity contribution is 5.89. The van der Waals surface area contributed by atoms with Gasteiger partial charge in [0.2, 0.25) is 0 Å². The number of carboxylic acid groups (broad SMARTS) is 1. The lowest BCUT2D eigenvalue weighted by molar-refractivity contribution is -0.386. The summed E-state index contributed by atoms with van der Waals surface area (Å²) in [6.07, 6.45) is 0.618. The van der Waals surface area contributed by atoms with E-state index in [0.717, 1.165) is 6.07 Å². The highest BCUT2D eigenvalue weighted by Gasteiger charge is 2.23. The Morgan fingerprint density at radius 3 is 2.50 bits per heavy atom. The molecule has 0 aliphatic carbocycles. The zero-order valence-electron chi connectivity index (χ0n) is 11.5. The van der Waals surface area contributed by atoms with Crippen LogP contribution in [0.3, 0.4) is 0 Å². The first-order valence-electron chi connectivity index (χ1n) is 5.96. The Balaban J connectivity index is 3.03. The van der Waals surface area contributed by atoms with Crippen molar-refractivity contribution >= 4 is 11.7 Å². The average Bonchev–Trinajstić information content (AvgIpc) is 2.26. The van der Waals surface area contributed by atoms with Crippen LogP contribution in [-0.2, 0) is 0 Å². The molecule has 0 aliphatic rings. The Bertz CT molecular complexity index is 536. The molecular weight excluding hydrogens is 269 g/mol. The number of nitro groups is 1. The Hall–Kier alpha value is -2.18. The van der Waals surface area contributed by atoms with Crippen molar-refractivity contribution in [3.63, 3.8) is 0 Å². The Kier molecular flexibility index (Phi) is 4.65. The lowest BCUT2D eigenvalue weighted by Crippen LogP contribution is -2.12. The van der Waals surface area contributed by atoms with Crippen molar-refractivity contribution in [2.75, 3.05) is 6.61 Å². The van der Waals surface area contributed by atoms with Gasteiger partial charge in [-0.25, -0.2) is 9.18 Å². The van der Waals surface area contributed by atoms with Crippen LogP contribution in [0.4, 0.5) is 10.1 Å². The molecule has 6 nitrogen and oxygen atoms in total. The standard InChI is InChI=1S/C13H16FNO5/c1-13(2,3)4-5-20-11-7-9(14)8(12(16)17)6-10(11)15(18)19/h6-7H,4-5H2,1-3H3,(H,16,17). The Morgan fingerprint density at radius 2 is 2.05 bits per heavy atom. The molecule has 1 aromatic rings. The minimum atomic E-state index is -1.56. The Morgan fingerprint density at radius 1 is 1.45 bits per heavy atom. The molecule has 20 heavy (non-hydrogen) atoms. The number of halogens is 1. The summed E-state index contributed by atoms with van der Waals surface area (Å²) in [6.45, 7) is 6.09. The smallest absolute Gasteiger partial charge is 0.338 e. The van der Waals surface area contributed by atoms with Crippen molar-refractivity contribution in [3.8, 4) is 5.75 Å². The van der Waals surface area contributed by atoms with Gasteiger partial charge in [-0.05, 0) is 11.8 Å².